The highest BCUT2D eigenvalue weighted by molar-refractivity contribution is 6.73. The molecule has 164 valence electrons. The maximum atomic E-state index is 12.3. The highest BCUT2D eigenvalue weighted by Gasteiger charge is 2.62. The molecule has 1 aromatic rings. The van der Waals surface area contributed by atoms with Crippen LogP contribution in [0.25, 0.3) is 0 Å². The van der Waals surface area contributed by atoms with E-state index in [-0.39, 0.29) is 16.7 Å². The van der Waals surface area contributed by atoms with Crippen molar-refractivity contribution in [1.29, 1.82) is 0 Å². The summed E-state index contributed by atoms with van der Waals surface area (Å²) in [5.41, 5.74) is 1.83. The Balaban J connectivity index is 2.52. The maximum absolute atomic E-state index is 12.3. The number of nitrogens with one attached hydrogen (secondary N) is 1. The average molecular weight is 426 g/mol. The van der Waals surface area contributed by atoms with Gasteiger partial charge in [-0.3, -0.25) is 4.79 Å². The summed E-state index contributed by atoms with van der Waals surface area (Å²) >= 11 is 0. The lowest BCUT2D eigenvalue weighted by Crippen LogP contribution is -2.63. The number of ether oxygens (including phenoxy) is 2. The van der Waals surface area contributed by atoms with Crippen molar-refractivity contribution in [3.05, 3.63) is 23.0 Å². The molecular weight excluding hydrogens is 390 g/mol. The van der Waals surface area contributed by atoms with E-state index in [4.69, 9.17) is 18.3 Å². The number of aryl methyl sites for hydroxylation is 1. The molecule has 0 radical (unpaired) electrons. The molecule has 1 fully saturated rings. The van der Waals surface area contributed by atoms with Crippen LogP contribution in [-0.2, 0) is 23.1 Å². The summed E-state index contributed by atoms with van der Waals surface area (Å²) in [7, 11) is -2.80. The van der Waals surface area contributed by atoms with Gasteiger partial charge in [0.2, 0.25) is 0 Å². The number of carbonyl (C=O) groups excluding carboxylic acids is 2. The number of esters is 2. The monoisotopic (exact) mass is 425 g/mol. The van der Waals surface area contributed by atoms with Gasteiger partial charge in [-0.1, -0.05) is 41.5 Å². The Bertz CT molecular complexity index is 744. The summed E-state index contributed by atoms with van der Waals surface area (Å²) in [5.74, 6) is -0.791. The molecule has 2 rings (SSSR count). The maximum Gasteiger partial charge on any atom is 0.350 e. The van der Waals surface area contributed by atoms with Crippen LogP contribution in [-0.4, -0.2) is 44.8 Å². The molecule has 0 amide bonds. The molecule has 1 N–H and O–H groups in total. The van der Waals surface area contributed by atoms with Crippen LogP contribution in [0.3, 0.4) is 0 Å². The van der Waals surface area contributed by atoms with Gasteiger partial charge in [-0.25, -0.2) is 4.79 Å². The highest BCUT2D eigenvalue weighted by Crippen LogP contribution is 2.56. The third-order valence-corrected chi connectivity index (χ3v) is 10.3. The Morgan fingerprint density at radius 1 is 1.21 bits per heavy atom. The number of aromatic amines is 1. The standard InChI is InChI=1S/C21H35NO6Si/c1-10-25-19(24)15-11-16(22-13(15)2)18-17(27-14(3)23)12-26-29(28-18,20(4,5)6)21(7,8)9/h11,17-18,22H,10,12H2,1-9H3/t17-,18+/m0/s1. The number of rotatable bonds is 4. The van der Waals surface area contributed by atoms with Crippen molar-refractivity contribution in [3.63, 3.8) is 0 Å². The zero-order chi connectivity index (χ0) is 22.2. The molecular formula is C21H35NO6Si. The average Bonchev–Trinajstić information content (AvgIpc) is 2.94. The molecule has 1 aliphatic heterocycles. The molecule has 0 aliphatic carbocycles. The second-order valence-corrected chi connectivity index (χ2v) is 14.4. The number of carbonyl (C=O) groups is 2. The second-order valence-electron chi connectivity index (χ2n) is 9.60. The lowest BCUT2D eigenvalue weighted by atomic mass is 10.1. The van der Waals surface area contributed by atoms with Crippen LogP contribution in [0.1, 0.15) is 83.2 Å². The fourth-order valence-electron chi connectivity index (χ4n) is 4.22. The van der Waals surface area contributed by atoms with Crippen molar-refractivity contribution in [2.45, 2.75) is 84.6 Å². The number of aromatic nitrogens is 1. The molecule has 1 aliphatic rings. The predicted octanol–water partition coefficient (Wildman–Crippen LogP) is 4.56. The first kappa shape index (κ1) is 23.6. The summed E-state index contributed by atoms with van der Waals surface area (Å²) in [5, 5.41) is -0.452. The largest absolute Gasteiger partial charge is 0.462 e. The third kappa shape index (κ3) is 4.59. The number of hydrogen-bond donors (Lipinski definition) is 1. The van der Waals surface area contributed by atoms with Crippen molar-refractivity contribution in [2.24, 2.45) is 0 Å². The van der Waals surface area contributed by atoms with Crippen molar-refractivity contribution in [3.8, 4) is 0 Å². The number of hydrogen-bond acceptors (Lipinski definition) is 6. The van der Waals surface area contributed by atoms with E-state index < -0.39 is 32.7 Å². The Kier molecular flexibility index (Phi) is 6.71. The van der Waals surface area contributed by atoms with E-state index in [9.17, 15) is 9.59 Å². The van der Waals surface area contributed by atoms with Gasteiger partial charge in [0, 0.05) is 28.4 Å². The van der Waals surface area contributed by atoms with E-state index >= 15 is 0 Å². The van der Waals surface area contributed by atoms with Gasteiger partial charge >= 0.3 is 20.5 Å². The Labute approximate surface area is 174 Å². The van der Waals surface area contributed by atoms with Crippen LogP contribution in [0.2, 0.25) is 10.1 Å². The van der Waals surface area contributed by atoms with Crippen LogP contribution in [0.15, 0.2) is 6.07 Å². The first-order valence-corrected chi connectivity index (χ1v) is 11.9. The van der Waals surface area contributed by atoms with Gasteiger partial charge in [-0.05, 0) is 19.9 Å². The van der Waals surface area contributed by atoms with Crippen LogP contribution >= 0.6 is 0 Å². The predicted molar refractivity (Wildman–Crippen MR) is 112 cm³/mol. The quantitative estimate of drug-likeness (QED) is 0.562. The van der Waals surface area contributed by atoms with Crippen molar-refractivity contribution in [2.75, 3.05) is 13.2 Å². The Hall–Kier alpha value is -1.64. The summed E-state index contributed by atoms with van der Waals surface area (Å²) in [6, 6.07) is 1.74. The van der Waals surface area contributed by atoms with E-state index in [2.05, 4.69) is 46.5 Å². The van der Waals surface area contributed by atoms with Gasteiger partial charge in [-0.2, -0.15) is 0 Å². The van der Waals surface area contributed by atoms with E-state index in [0.29, 0.717) is 23.6 Å². The molecule has 2 heterocycles. The lowest BCUT2D eigenvalue weighted by molar-refractivity contribution is -0.162. The summed E-state index contributed by atoms with van der Waals surface area (Å²) < 4.78 is 23.9. The van der Waals surface area contributed by atoms with Crippen molar-refractivity contribution >= 4 is 20.5 Å². The summed E-state index contributed by atoms with van der Waals surface area (Å²) in [4.78, 5) is 27.2. The molecule has 0 bridgehead atoms. The normalized spacial score (nSPS) is 22.2. The second kappa shape index (κ2) is 8.24. The molecule has 2 atom stereocenters. The van der Waals surface area contributed by atoms with Crippen molar-refractivity contribution in [1.82, 2.24) is 4.98 Å². The topological polar surface area (TPSA) is 86.8 Å². The highest BCUT2D eigenvalue weighted by atomic mass is 28.4. The summed E-state index contributed by atoms with van der Waals surface area (Å²) in [6.07, 6.45) is -1.16. The molecule has 0 aromatic carbocycles. The van der Waals surface area contributed by atoms with Crippen LogP contribution in [0, 0.1) is 6.92 Å². The van der Waals surface area contributed by atoms with E-state index in [1.807, 2.05) is 6.92 Å². The summed E-state index contributed by atoms with van der Waals surface area (Å²) in [6.45, 7) is 18.2. The Morgan fingerprint density at radius 2 is 1.79 bits per heavy atom. The lowest BCUT2D eigenvalue weighted by Gasteiger charge is -2.54. The molecule has 1 saturated heterocycles. The van der Waals surface area contributed by atoms with Crippen LogP contribution in [0.4, 0.5) is 0 Å². The van der Waals surface area contributed by atoms with E-state index in [0.717, 1.165) is 0 Å². The Morgan fingerprint density at radius 3 is 2.28 bits per heavy atom. The first-order valence-electron chi connectivity index (χ1n) is 10.1. The zero-order valence-electron chi connectivity index (χ0n) is 19.1. The van der Waals surface area contributed by atoms with Gasteiger partial charge in [0.15, 0.2) is 6.10 Å². The van der Waals surface area contributed by atoms with E-state index in [1.165, 1.54) is 6.92 Å². The third-order valence-electron chi connectivity index (χ3n) is 5.21. The smallest absolute Gasteiger partial charge is 0.350 e. The van der Waals surface area contributed by atoms with Gasteiger partial charge < -0.3 is 23.3 Å². The molecule has 8 heteroatoms. The van der Waals surface area contributed by atoms with Crippen LogP contribution < -0.4 is 0 Å². The minimum atomic E-state index is -2.80. The fourth-order valence-corrected chi connectivity index (χ4v) is 9.14. The minimum Gasteiger partial charge on any atom is -0.462 e. The van der Waals surface area contributed by atoms with Crippen LogP contribution in [0.5, 0.6) is 0 Å². The fraction of sp³-hybridized carbons (Fsp3) is 0.714. The zero-order valence-corrected chi connectivity index (χ0v) is 20.1. The SMILES string of the molecule is CCOC(=O)c1cc([C@H]2O[Si](C(C)(C)C)(C(C)(C)C)OC[C@@H]2OC(C)=O)[nH]c1C. The first-order chi connectivity index (χ1) is 13.2. The molecule has 0 spiro atoms. The van der Waals surface area contributed by atoms with Gasteiger partial charge in [-0.15, -0.1) is 0 Å². The molecule has 29 heavy (non-hydrogen) atoms. The number of H-pyrrole nitrogens is 1. The molecule has 0 unspecified atom stereocenters. The van der Waals surface area contributed by atoms with Gasteiger partial charge in [0.1, 0.15) is 6.10 Å². The molecule has 7 nitrogen and oxygen atoms in total. The minimum absolute atomic E-state index is 0.226. The molecule has 0 saturated carbocycles. The van der Waals surface area contributed by atoms with Crippen molar-refractivity contribution < 1.29 is 27.9 Å². The van der Waals surface area contributed by atoms with E-state index in [1.54, 1.807) is 13.0 Å². The van der Waals surface area contributed by atoms with Gasteiger partial charge in [0.05, 0.1) is 18.8 Å². The molecule has 1 aromatic heterocycles. The van der Waals surface area contributed by atoms with Gasteiger partial charge in [0.25, 0.3) is 0 Å².